The highest BCUT2D eigenvalue weighted by Crippen LogP contribution is 2.00. The summed E-state index contributed by atoms with van der Waals surface area (Å²) in [5.41, 5.74) is -0.222. The summed E-state index contributed by atoms with van der Waals surface area (Å²) in [5.74, 6) is 0. The summed E-state index contributed by atoms with van der Waals surface area (Å²) in [5, 5.41) is 11.5. The molecule has 4 nitrogen and oxygen atoms in total. The van der Waals surface area contributed by atoms with Crippen molar-refractivity contribution in [2.24, 2.45) is 0 Å². The van der Waals surface area contributed by atoms with Gasteiger partial charge in [-0.25, -0.2) is 4.79 Å². The van der Waals surface area contributed by atoms with Gasteiger partial charge >= 0.3 is 6.03 Å². The predicted molar refractivity (Wildman–Crippen MR) is 52.6 cm³/mol. The molecule has 0 saturated carbocycles. The molecule has 2 amide bonds. The highest BCUT2D eigenvalue weighted by molar-refractivity contribution is 5.74. The Morgan fingerprint density at radius 3 is 2.31 bits per heavy atom. The molecule has 0 bridgehead atoms. The van der Waals surface area contributed by atoms with E-state index in [1.54, 1.807) is 4.90 Å². The van der Waals surface area contributed by atoms with Gasteiger partial charge in [0.05, 0.1) is 6.61 Å². The molecule has 0 aliphatic rings. The second-order valence-corrected chi connectivity index (χ2v) is 3.98. The average molecular weight is 188 g/mol. The molecule has 0 rings (SSSR count). The molecule has 0 aromatic rings. The number of nitrogens with zero attached hydrogens (tertiary/aromatic N) is 1. The molecule has 0 spiro atoms. The molecule has 0 atom stereocenters. The van der Waals surface area contributed by atoms with Crippen LogP contribution in [0.5, 0.6) is 0 Å². The predicted octanol–water partition coefficient (Wildman–Crippen LogP) is 0.809. The van der Waals surface area contributed by atoms with Gasteiger partial charge in [0.25, 0.3) is 0 Å². The largest absolute Gasteiger partial charge is 0.395 e. The van der Waals surface area contributed by atoms with Gasteiger partial charge in [0.1, 0.15) is 0 Å². The lowest BCUT2D eigenvalue weighted by molar-refractivity contribution is 0.173. The topological polar surface area (TPSA) is 52.6 Å². The zero-order valence-corrected chi connectivity index (χ0v) is 8.92. The summed E-state index contributed by atoms with van der Waals surface area (Å²) in [6.45, 7) is 8.68. The standard InChI is InChI=1S/C9H20N2O2/c1-5-11(6-7-12)8(13)10-9(2,3)4/h12H,5-7H2,1-4H3,(H,10,13). The summed E-state index contributed by atoms with van der Waals surface area (Å²) in [4.78, 5) is 13.1. The fourth-order valence-corrected chi connectivity index (χ4v) is 0.924. The Morgan fingerprint density at radius 2 is 2.00 bits per heavy atom. The normalized spacial score (nSPS) is 11.2. The van der Waals surface area contributed by atoms with Crippen LogP contribution in [0.1, 0.15) is 27.7 Å². The molecule has 0 fully saturated rings. The minimum Gasteiger partial charge on any atom is -0.395 e. The third-order valence-electron chi connectivity index (χ3n) is 1.52. The van der Waals surface area contributed by atoms with E-state index in [1.807, 2.05) is 27.7 Å². The van der Waals surface area contributed by atoms with E-state index in [1.165, 1.54) is 0 Å². The lowest BCUT2D eigenvalue weighted by Gasteiger charge is -2.27. The zero-order valence-electron chi connectivity index (χ0n) is 8.92. The van der Waals surface area contributed by atoms with Crippen LogP contribution in [-0.2, 0) is 0 Å². The molecule has 0 aromatic carbocycles. The molecule has 0 aliphatic carbocycles. The van der Waals surface area contributed by atoms with Gasteiger partial charge in [-0.3, -0.25) is 0 Å². The van der Waals surface area contributed by atoms with Crippen molar-refractivity contribution in [3.63, 3.8) is 0 Å². The van der Waals surface area contributed by atoms with Crippen molar-refractivity contribution >= 4 is 6.03 Å². The van der Waals surface area contributed by atoms with Crippen LogP contribution in [0.2, 0.25) is 0 Å². The number of carbonyl (C=O) groups excluding carboxylic acids is 1. The van der Waals surface area contributed by atoms with Gasteiger partial charge in [-0.05, 0) is 27.7 Å². The van der Waals surface area contributed by atoms with Crippen LogP contribution in [-0.4, -0.2) is 41.3 Å². The van der Waals surface area contributed by atoms with E-state index in [0.29, 0.717) is 13.1 Å². The van der Waals surface area contributed by atoms with Crippen LogP contribution in [0.25, 0.3) is 0 Å². The van der Waals surface area contributed by atoms with Crippen LogP contribution in [0.15, 0.2) is 0 Å². The van der Waals surface area contributed by atoms with Crippen LogP contribution in [0.4, 0.5) is 4.79 Å². The van der Waals surface area contributed by atoms with Crippen molar-refractivity contribution in [1.82, 2.24) is 10.2 Å². The van der Waals surface area contributed by atoms with E-state index >= 15 is 0 Å². The number of amides is 2. The van der Waals surface area contributed by atoms with Crippen LogP contribution < -0.4 is 5.32 Å². The molecule has 4 heteroatoms. The number of carbonyl (C=O) groups is 1. The maximum Gasteiger partial charge on any atom is 0.317 e. The van der Waals surface area contributed by atoms with E-state index in [-0.39, 0.29) is 18.2 Å². The lowest BCUT2D eigenvalue weighted by Crippen LogP contribution is -2.49. The van der Waals surface area contributed by atoms with E-state index in [9.17, 15) is 4.79 Å². The third-order valence-corrected chi connectivity index (χ3v) is 1.52. The number of likely N-dealkylation sites (N-methyl/N-ethyl adjacent to an activating group) is 1. The number of aliphatic hydroxyl groups excluding tert-OH is 1. The van der Waals surface area contributed by atoms with Crippen LogP contribution >= 0.6 is 0 Å². The summed E-state index contributed by atoms with van der Waals surface area (Å²) in [6, 6.07) is -0.121. The van der Waals surface area contributed by atoms with Crippen molar-refractivity contribution in [1.29, 1.82) is 0 Å². The second-order valence-electron chi connectivity index (χ2n) is 3.98. The number of hydrogen-bond donors (Lipinski definition) is 2. The first kappa shape index (κ1) is 12.2. The Balaban J connectivity index is 4.06. The van der Waals surface area contributed by atoms with Gasteiger partial charge in [-0.2, -0.15) is 0 Å². The highest BCUT2D eigenvalue weighted by atomic mass is 16.3. The number of rotatable bonds is 3. The fourth-order valence-electron chi connectivity index (χ4n) is 0.924. The number of hydrogen-bond acceptors (Lipinski definition) is 2. The smallest absolute Gasteiger partial charge is 0.317 e. The summed E-state index contributed by atoms with van der Waals surface area (Å²) >= 11 is 0. The Kier molecular flexibility index (Phi) is 4.77. The first-order chi connectivity index (χ1) is 5.90. The van der Waals surface area contributed by atoms with Crippen molar-refractivity contribution in [2.45, 2.75) is 33.2 Å². The molecule has 0 unspecified atom stereocenters. The highest BCUT2D eigenvalue weighted by Gasteiger charge is 2.17. The number of urea groups is 1. The van der Waals surface area contributed by atoms with Crippen molar-refractivity contribution in [3.8, 4) is 0 Å². The second kappa shape index (κ2) is 5.07. The molecule has 0 saturated heterocycles. The minimum absolute atomic E-state index is 0.00536. The quantitative estimate of drug-likeness (QED) is 0.688. The summed E-state index contributed by atoms with van der Waals surface area (Å²) in [6.07, 6.45) is 0. The molecular weight excluding hydrogens is 168 g/mol. The van der Waals surface area contributed by atoms with E-state index in [4.69, 9.17) is 5.11 Å². The maximum atomic E-state index is 11.5. The first-order valence-corrected chi connectivity index (χ1v) is 4.58. The average Bonchev–Trinajstić information content (AvgIpc) is 1.96. The fraction of sp³-hybridized carbons (Fsp3) is 0.889. The van der Waals surface area contributed by atoms with Crippen molar-refractivity contribution in [3.05, 3.63) is 0 Å². The third kappa shape index (κ3) is 5.47. The van der Waals surface area contributed by atoms with E-state index in [2.05, 4.69) is 5.32 Å². The summed E-state index contributed by atoms with van der Waals surface area (Å²) in [7, 11) is 0. The SMILES string of the molecule is CCN(CCO)C(=O)NC(C)(C)C. The molecule has 0 aromatic heterocycles. The molecule has 13 heavy (non-hydrogen) atoms. The molecule has 0 radical (unpaired) electrons. The lowest BCUT2D eigenvalue weighted by atomic mass is 10.1. The van der Waals surface area contributed by atoms with Gasteiger partial charge in [-0.15, -0.1) is 0 Å². The Hall–Kier alpha value is -0.770. The maximum absolute atomic E-state index is 11.5. The first-order valence-electron chi connectivity index (χ1n) is 4.58. The number of aliphatic hydroxyl groups is 1. The van der Waals surface area contributed by atoms with Crippen LogP contribution in [0, 0.1) is 0 Å². The molecule has 0 heterocycles. The number of nitrogens with one attached hydrogen (secondary N) is 1. The molecule has 78 valence electrons. The van der Waals surface area contributed by atoms with Crippen molar-refractivity contribution < 1.29 is 9.90 Å². The van der Waals surface area contributed by atoms with E-state index in [0.717, 1.165) is 0 Å². The van der Waals surface area contributed by atoms with Gasteiger partial charge < -0.3 is 15.3 Å². The molecule has 2 N–H and O–H groups in total. The van der Waals surface area contributed by atoms with E-state index < -0.39 is 0 Å². The van der Waals surface area contributed by atoms with Gasteiger partial charge in [-0.1, -0.05) is 0 Å². The zero-order chi connectivity index (χ0) is 10.5. The van der Waals surface area contributed by atoms with Crippen LogP contribution in [0.3, 0.4) is 0 Å². The van der Waals surface area contributed by atoms with Gasteiger partial charge in [0.15, 0.2) is 0 Å². The van der Waals surface area contributed by atoms with Gasteiger partial charge in [0.2, 0.25) is 0 Å². The van der Waals surface area contributed by atoms with Crippen molar-refractivity contribution in [2.75, 3.05) is 19.7 Å². The Morgan fingerprint density at radius 1 is 1.46 bits per heavy atom. The Labute approximate surface area is 79.9 Å². The summed E-state index contributed by atoms with van der Waals surface area (Å²) < 4.78 is 0. The monoisotopic (exact) mass is 188 g/mol. The molecule has 0 aliphatic heterocycles. The molecular formula is C9H20N2O2. The minimum atomic E-state index is -0.222. The van der Waals surface area contributed by atoms with Gasteiger partial charge in [0, 0.05) is 18.6 Å². The Bertz CT molecular complexity index is 163.